The van der Waals surface area contributed by atoms with Crippen molar-refractivity contribution in [3.8, 4) is 0 Å². The van der Waals surface area contributed by atoms with Gasteiger partial charge in [-0.1, -0.05) is 0 Å². The average Bonchev–Trinajstić information content (AvgIpc) is 2.55. The van der Waals surface area contributed by atoms with E-state index in [1.807, 2.05) is 6.92 Å². The molecule has 1 atom stereocenters. The summed E-state index contributed by atoms with van der Waals surface area (Å²) in [6, 6.07) is 2.12. The number of hydrogen-bond acceptors (Lipinski definition) is 6. The first-order chi connectivity index (χ1) is 11.2. The van der Waals surface area contributed by atoms with Crippen LogP contribution in [-0.4, -0.2) is 65.3 Å². The van der Waals surface area contributed by atoms with Crippen LogP contribution in [0.2, 0.25) is 0 Å². The number of piperidine rings is 2. The van der Waals surface area contributed by atoms with Crippen molar-refractivity contribution in [3.05, 3.63) is 17.6 Å². The van der Waals surface area contributed by atoms with Crippen molar-refractivity contribution in [2.24, 2.45) is 0 Å². The number of rotatable bonds is 5. The quantitative estimate of drug-likeness (QED) is 0.755. The molecule has 6 nitrogen and oxygen atoms in total. The van der Waals surface area contributed by atoms with Crippen LogP contribution in [0.3, 0.4) is 0 Å². The number of hydrogen-bond donors (Lipinski definition) is 3. The minimum Gasteiger partial charge on any atom is -0.392 e. The second kappa shape index (κ2) is 8.04. The smallest absolute Gasteiger partial charge is 0.129 e. The molecule has 0 aromatic carbocycles. The van der Waals surface area contributed by atoms with E-state index in [1.54, 1.807) is 0 Å². The molecule has 1 aromatic heterocycles. The Balaban J connectivity index is 1.53. The van der Waals surface area contributed by atoms with Gasteiger partial charge in [0.2, 0.25) is 0 Å². The van der Waals surface area contributed by atoms with Crippen molar-refractivity contribution < 1.29 is 5.11 Å². The monoisotopic (exact) mass is 319 g/mol. The van der Waals surface area contributed by atoms with Gasteiger partial charge < -0.3 is 15.7 Å². The van der Waals surface area contributed by atoms with Crippen LogP contribution in [0.25, 0.3) is 0 Å². The Bertz CT molecular complexity index is 504. The van der Waals surface area contributed by atoms with Crippen molar-refractivity contribution in [2.75, 3.05) is 44.6 Å². The summed E-state index contributed by atoms with van der Waals surface area (Å²) in [4.78, 5) is 11.5. The fraction of sp³-hybridized carbons (Fsp3) is 0.765. The Morgan fingerprint density at radius 1 is 1.30 bits per heavy atom. The summed E-state index contributed by atoms with van der Waals surface area (Å²) < 4.78 is 0. The molecule has 2 saturated heterocycles. The van der Waals surface area contributed by atoms with Gasteiger partial charge in [-0.2, -0.15) is 0 Å². The molecule has 1 aromatic rings. The standard InChI is InChI=1S/C17H29N5O/c1-13-20-16(14-4-6-18-7-5-14)11-17(21-13)19-8-10-22-9-2-3-15(23)12-22/h11,14-15,18,23H,2-10,12H2,1H3,(H,19,20,21)/t15-/m1/s1. The van der Waals surface area contributed by atoms with E-state index in [9.17, 15) is 5.11 Å². The van der Waals surface area contributed by atoms with Crippen molar-refractivity contribution >= 4 is 5.82 Å². The van der Waals surface area contributed by atoms with Crippen LogP contribution in [-0.2, 0) is 0 Å². The van der Waals surface area contributed by atoms with E-state index in [0.717, 1.165) is 76.6 Å². The summed E-state index contributed by atoms with van der Waals surface area (Å²) in [7, 11) is 0. The van der Waals surface area contributed by atoms with Gasteiger partial charge in [0.25, 0.3) is 0 Å². The minimum atomic E-state index is -0.156. The molecule has 0 saturated carbocycles. The fourth-order valence-electron chi connectivity index (χ4n) is 3.58. The molecule has 3 rings (SSSR count). The van der Waals surface area contributed by atoms with E-state index in [-0.39, 0.29) is 6.10 Å². The van der Waals surface area contributed by atoms with Crippen LogP contribution in [0.1, 0.15) is 43.1 Å². The zero-order valence-corrected chi connectivity index (χ0v) is 14.1. The largest absolute Gasteiger partial charge is 0.392 e. The Kier molecular flexibility index (Phi) is 5.80. The van der Waals surface area contributed by atoms with Crippen molar-refractivity contribution in [3.63, 3.8) is 0 Å². The zero-order valence-electron chi connectivity index (χ0n) is 14.1. The Labute approximate surface area is 138 Å². The second-order valence-corrected chi connectivity index (χ2v) is 6.77. The molecule has 0 radical (unpaired) electrons. The van der Waals surface area contributed by atoms with Gasteiger partial charge in [-0.15, -0.1) is 0 Å². The maximum atomic E-state index is 9.73. The van der Waals surface area contributed by atoms with E-state index < -0.39 is 0 Å². The molecule has 0 aliphatic carbocycles. The fourth-order valence-corrected chi connectivity index (χ4v) is 3.58. The summed E-state index contributed by atoms with van der Waals surface area (Å²) >= 11 is 0. The molecule has 0 amide bonds. The summed E-state index contributed by atoms with van der Waals surface area (Å²) in [5.41, 5.74) is 1.18. The number of likely N-dealkylation sites (tertiary alicyclic amines) is 1. The first-order valence-electron chi connectivity index (χ1n) is 8.91. The number of aryl methyl sites for hydroxylation is 1. The Morgan fingerprint density at radius 3 is 2.91 bits per heavy atom. The lowest BCUT2D eigenvalue weighted by Crippen LogP contribution is -2.40. The van der Waals surface area contributed by atoms with E-state index in [1.165, 1.54) is 5.69 Å². The SMILES string of the molecule is Cc1nc(NCCN2CCC[C@@H](O)C2)cc(C2CCNCC2)n1. The van der Waals surface area contributed by atoms with Gasteiger partial charge in [0.15, 0.2) is 0 Å². The Morgan fingerprint density at radius 2 is 2.13 bits per heavy atom. The summed E-state index contributed by atoms with van der Waals surface area (Å²) in [6.45, 7) is 7.81. The molecule has 23 heavy (non-hydrogen) atoms. The second-order valence-electron chi connectivity index (χ2n) is 6.77. The lowest BCUT2D eigenvalue weighted by molar-refractivity contribution is 0.0730. The number of nitrogens with zero attached hydrogens (tertiary/aromatic N) is 3. The number of aliphatic hydroxyl groups excluding tert-OH is 1. The molecular formula is C17H29N5O. The highest BCUT2D eigenvalue weighted by Crippen LogP contribution is 2.25. The number of anilines is 1. The van der Waals surface area contributed by atoms with E-state index >= 15 is 0 Å². The van der Waals surface area contributed by atoms with E-state index in [0.29, 0.717) is 5.92 Å². The zero-order chi connectivity index (χ0) is 16.1. The highest BCUT2D eigenvalue weighted by molar-refractivity contribution is 5.37. The topological polar surface area (TPSA) is 73.3 Å². The maximum Gasteiger partial charge on any atom is 0.129 e. The maximum absolute atomic E-state index is 9.73. The van der Waals surface area contributed by atoms with Gasteiger partial charge in [-0.25, -0.2) is 9.97 Å². The van der Waals surface area contributed by atoms with E-state index in [2.05, 4.69) is 31.6 Å². The lowest BCUT2D eigenvalue weighted by Gasteiger charge is -2.30. The predicted molar refractivity (Wildman–Crippen MR) is 91.8 cm³/mol. The molecular weight excluding hydrogens is 290 g/mol. The highest BCUT2D eigenvalue weighted by Gasteiger charge is 2.19. The van der Waals surface area contributed by atoms with Gasteiger partial charge in [0, 0.05) is 37.3 Å². The molecule has 0 unspecified atom stereocenters. The molecule has 3 N–H and O–H groups in total. The van der Waals surface area contributed by atoms with Crippen LogP contribution >= 0.6 is 0 Å². The third-order valence-corrected chi connectivity index (χ3v) is 4.83. The van der Waals surface area contributed by atoms with Gasteiger partial charge in [0.05, 0.1) is 6.10 Å². The number of aromatic nitrogens is 2. The predicted octanol–water partition coefficient (Wildman–Crippen LogP) is 1.12. The molecule has 3 heterocycles. The lowest BCUT2D eigenvalue weighted by atomic mass is 9.94. The van der Waals surface area contributed by atoms with Crippen molar-refractivity contribution in [2.45, 2.75) is 44.6 Å². The number of aliphatic hydroxyl groups is 1. The first-order valence-corrected chi connectivity index (χ1v) is 8.91. The molecule has 0 bridgehead atoms. The molecule has 128 valence electrons. The minimum absolute atomic E-state index is 0.156. The summed E-state index contributed by atoms with van der Waals surface area (Å²) in [6.07, 6.45) is 4.18. The van der Waals surface area contributed by atoms with E-state index in [4.69, 9.17) is 0 Å². The van der Waals surface area contributed by atoms with Gasteiger partial charge in [0.1, 0.15) is 11.6 Å². The van der Waals surface area contributed by atoms with Crippen LogP contribution in [0.15, 0.2) is 6.07 Å². The average molecular weight is 319 g/mol. The Hall–Kier alpha value is -1.24. The van der Waals surface area contributed by atoms with Crippen LogP contribution in [0, 0.1) is 6.92 Å². The van der Waals surface area contributed by atoms with Gasteiger partial charge >= 0.3 is 0 Å². The normalized spacial score (nSPS) is 23.8. The number of nitrogens with one attached hydrogen (secondary N) is 2. The van der Waals surface area contributed by atoms with Crippen molar-refractivity contribution in [1.82, 2.24) is 20.2 Å². The molecule has 0 spiro atoms. The summed E-state index contributed by atoms with van der Waals surface area (Å²) in [5, 5.41) is 16.6. The number of β-amino-alcohol motifs (C(OH)–C–C–N with tert-alkyl or cyclic N) is 1. The van der Waals surface area contributed by atoms with Crippen molar-refractivity contribution in [1.29, 1.82) is 0 Å². The first kappa shape index (κ1) is 16.6. The van der Waals surface area contributed by atoms with Gasteiger partial charge in [-0.3, -0.25) is 4.90 Å². The molecule has 6 heteroatoms. The highest BCUT2D eigenvalue weighted by atomic mass is 16.3. The third-order valence-electron chi connectivity index (χ3n) is 4.83. The molecule has 2 fully saturated rings. The van der Waals surface area contributed by atoms with Gasteiger partial charge in [-0.05, 0) is 52.2 Å². The molecule has 2 aliphatic rings. The third kappa shape index (κ3) is 4.86. The molecule has 2 aliphatic heterocycles. The van der Waals surface area contributed by atoms with Crippen LogP contribution in [0.5, 0.6) is 0 Å². The summed E-state index contributed by atoms with van der Waals surface area (Å²) in [5.74, 6) is 2.33. The van der Waals surface area contributed by atoms with Crippen LogP contribution in [0.4, 0.5) is 5.82 Å². The van der Waals surface area contributed by atoms with Crippen LogP contribution < -0.4 is 10.6 Å².